The first-order chi connectivity index (χ1) is 10.1. The van der Waals surface area contributed by atoms with Crippen LogP contribution in [0.4, 0.5) is 5.69 Å². The molecule has 0 fully saturated rings. The number of aromatic hydroxyl groups is 1. The lowest BCUT2D eigenvalue weighted by Crippen LogP contribution is -1.99. The minimum absolute atomic E-state index is 0.287. The third-order valence-electron chi connectivity index (χ3n) is 3.36. The van der Waals surface area contributed by atoms with Crippen molar-refractivity contribution in [2.45, 2.75) is 6.54 Å². The number of hydrogen-bond donors (Lipinski definition) is 2. The van der Waals surface area contributed by atoms with Crippen LogP contribution in [-0.4, -0.2) is 5.11 Å². The second kappa shape index (κ2) is 6.08. The number of rotatable bonds is 3. The van der Waals surface area contributed by atoms with Crippen molar-refractivity contribution in [1.29, 1.82) is 0 Å². The first kappa shape index (κ1) is 14.4. The predicted molar refractivity (Wildman–Crippen MR) is 94.8 cm³/mol. The Morgan fingerprint density at radius 3 is 2.52 bits per heavy atom. The van der Waals surface area contributed by atoms with Gasteiger partial charge in [0.1, 0.15) is 5.75 Å². The first-order valence-corrected chi connectivity index (χ1v) is 8.11. The number of phenolic OH excluding ortho intramolecular Hbond substituents is 1. The van der Waals surface area contributed by atoms with E-state index in [0.717, 1.165) is 15.7 Å². The highest BCUT2D eigenvalue weighted by Crippen LogP contribution is 2.28. The van der Waals surface area contributed by atoms with Crippen LogP contribution in [-0.2, 0) is 6.54 Å². The lowest BCUT2D eigenvalue weighted by atomic mass is 10.1. The Bertz CT molecular complexity index is 802. The van der Waals surface area contributed by atoms with Crippen molar-refractivity contribution >= 4 is 48.3 Å². The largest absolute Gasteiger partial charge is 0.506 e. The summed E-state index contributed by atoms with van der Waals surface area (Å²) in [5, 5.41) is 15.7. The molecule has 21 heavy (non-hydrogen) atoms. The van der Waals surface area contributed by atoms with Gasteiger partial charge < -0.3 is 10.4 Å². The van der Waals surface area contributed by atoms with Crippen LogP contribution in [0.15, 0.2) is 63.5 Å². The minimum atomic E-state index is 0.287. The van der Waals surface area contributed by atoms with Gasteiger partial charge in [0.15, 0.2) is 0 Å². The molecule has 0 radical (unpaired) electrons. The predicted octanol–water partition coefficient (Wildman–Crippen LogP) is 5.68. The highest BCUT2D eigenvalue weighted by Gasteiger charge is 2.04. The van der Waals surface area contributed by atoms with Gasteiger partial charge in [-0.25, -0.2) is 0 Å². The van der Waals surface area contributed by atoms with E-state index in [1.54, 1.807) is 0 Å². The zero-order chi connectivity index (χ0) is 14.8. The van der Waals surface area contributed by atoms with Crippen LogP contribution in [0, 0.1) is 0 Å². The molecule has 2 nitrogen and oxygen atoms in total. The molecule has 0 heterocycles. The molecule has 3 aromatic rings. The summed E-state index contributed by atoms with van der Waals surface area (Å²) < 4.78 is 1.79. The number of fused-ring (bicyclic) bond motifs is 1. The van der Waals surface area contributed by atoms with E-state index in [4.69, 9.17) is 0 Å². The van der Waals surface area contributed by atoms with Gasteiger partial charge in [-0.15, -0.1) is 0 Å². The van der Waals surface area contributed by atoms with E-state index < -0.39 is 0 Å². The number of phenols is 1. The van der Waals surface area contributed by atoms with E-state index in [1.165, 1.54) is 10.8 Å². The van der Waals surface area contributed by atoms with Crippen molar-refractivity contribution in [3.63, 3.8) is 0 Å². The van der Waals surface area contributed by atoms with E-state index >= 15 is 0 Å². The summed E-state index contributed by atoms with van der Waals surface area (Å²) in [5.74, 6) is 0.287. The fourth-order valence-electron chi connectivity index (χ4n) is 2.23. The maximum Gasteiger partial charge on any atom is 0.134 e. The summed E-state index contributed by atoms with van der Waals surface area (Å²) in [6.07, 6.45) is 0. The van der Waals surface area contributed by atoms with Crippen molar-refractivity contribution in [3.8, 4) is 5.75 Å². The summed E-state index contributed by atoms with van der Waals surface area (Å²) >= 11 is 6.81. The normalized spacial score (nSPS) is 10.8. The van der Waals surface area contributed by atoms with Crippen LogP contribution in [0.1, 0.15) is 5.56 Å². The Kier molecular flexibility index (Phi) is 4.17. The van der Waals surface area contributed by atoms with Crippen molar-refractivity contribution in [1.82, 2.24) is 0 Å². The molecule has 0 aromatic heterocycles. The van der Waals surface area contributed by atoms with Crippen molar-refractivity contribution in [2.75, 3.05) is 5.32 Å². The lowest BCUT2D eigenvalue weighted by Gasteiger charge is -2.10. The monoisotopic (exact) mass is 405 g/mol. The minimum Gasteiger partial charge on any atom is -0.506 e. The molecule has 4 heteroatoms. The van der Waals surface area contributed by atoms with Gasteiger partial charge in [0.2, 0.25) is 0 Å². The van der Waals surface area contributed by atoms with E-state index in [2.05, 4.69) is 61.4 Å². The molecule has 0 saturated heterocycles. The summed E-state index contributed by atoms with van der Waals surface area (Å²) in [5.41, 5.74) is 1.89. The lowest BCUT2D eigenvalue weighted by molar-refractivity contribution is 0.465. The van der Waals surface area contributed by atoms with E-state index in [9.17, 15) is 5.11 Å². The van der Waals surface area contributed by atoms with Crippen molar-refractivity contribution < 1.29 is 5.11 Å². The molecule has 0 bridgehead atoms. The van der Waals surface area contributed by atoms with Crippen molar-refractivity contribution in [2.24, 2.45) is 0 Å². The van der Waals surface area contributed by atoms with Gasteiger partial charge in [0.25, 0.3) is 0 Å². The third-order valence-corrected chi connectivity index (χ3v) is 4.49. The molecular weight excluding hydrogens is 394 g/mol. The molecule has 106 valence electrons. The molecule has 0 amide bonds. The highest BCUT2D eigenvalue weighted by atomic mass is 79.9. The quantitative estimate of drug-likeness (QED) is 0.586. The van der Waals surface area contributed by atoms with Gasteiger partial charge in [-0.05, 0) is 57.0 Å². The van der Waals surface area contributed by atoms with Gasteiger partial charge in [-0.2, -0.15) is 0 Å². The maximum atomic E-state index is 9.99. The van der Waals surface area contributed by atoms with Gasteiger partial charge in [-0.3, -0.25) is 0 Å². The molecule has 0 unspecified atom stereocenters. The van der Waals surface area contributed by atoms with Gasteiger partial charge in [-0.1, -0.05) is 40.2 Å². The Labute approximate surface area is 140 Å². The Morgan fingerprint density at radius 1 is 0.905 bits per heavy atom. The molecule has 0 saturated carbocycles. The van der Waals surface area contributed by atoms with Crippen LogP contribution in [0.3, 0.4) is 0 Å². The number of anilines is 1. The van der Waals surface area contributed by atoms with Crippen LogP contribution in [0.5, 0.6) is 5.75 Å². The van der Waals surface area contributed by atoms with E-state index in [-0.39, 0.29) is 5.75 Å². The standard InChI is InChI=1S/C17H13Br2NO/c18-14-6-4-12-9-15(7-5-11(12)8-14)20-10-13-2-1-3-16(19)17(13)21/h1-9,20-21H,10H2. The molecule has 0 aliphatic rings. The molecule has 3 aromatic carbocycles. The Balaban J connectivity index is 1.82. The number of benzene rings is 3. The van der Waals surface area contributed by atoms with Crippen LogP contribution >= 0.6 is 31.9 Å². The zero-order valence-corrected chi connectivity index (χ0v) is 14.3. The average Bonchev–Trinajstić information content (AvgIpc) is 2.49. The summed E-state index contributed by atoms with van der Waals surface area (Å²) in [6.45, 7) is 0.577. The molecule has 2 N–H and O–H groups in total. The number of hydrogen-bond acceptors (Lipinski definition) is 2. The smallest absolute Gasteiger partial charge is 0.134 e. The second-order valence-electron chi connectivity index (χ2n) is 4.81. The van der Waals surface area contributed by atoms with E-state index in [0.29, 0.717) is 11.0 Å². The number of halogens is 2. The Hall–Kier alpha value is -1.52. The fraction of sp³-hybridized carbons (Fsp3) is 0.0588. The van der Waals surface area contributed by atoms with Crippen LogP contribution in [0.2, 0.25) is 0 Å². The summed E-state index contributed by atoms with van der Waals surface area (Å²) in [6, 6.07) is 18.1. The maximum absolute atomic E-state index is 9.99. The summed E-state index contributed by atoms with van der Waals surface area (Å²) in [4.78, 5) is 0. The van der Waals surface area contributed by atoms with E-state index in [1.807, 2.05) is 30.3 Å². The molecule has 0 aliphatic heterocycles. The van der Waals surface area contributed by atoms with Gasteiger partial charge >= 0.3 is 0 Å². The Morgan fingerprint density at radius 2 is 1.67 bits per heavy atom. The molecule has 0 aliphatic carbocycles. The second-order valence-corrected chi connectivity index (χ2v) is 6.58. The van der Waals surface area contributed by atoms with Gasteiger partial charge in [0.05, 0.1) is 4.47 Å². The van der Waals surface area contributed by atoms with Crippen LogP contribution < -0.4 is 5.32 Å². The zero-order valence-electron chi connectivity index (χ0n) is 11.1. The number of nitrogens with one attached hydrogen (secondary N) is 1. The highest BCUT2D eigenvalue weighted by molar-refractivity contribution is 9.10. The topological polar surface area (TPSA) is 32.3 Å². The fourth-order valence-corrected chi connectivity index (χ4v) is 3.01. The number of para-hydroxylation sites is 1. The average molecular weight is 407 g/mol. The molecule has 0 spiro atoms. The first-order valence-electron chi connectivity index (χ1n) is 6.53. The molecular formula is C17H13Br2NO. The van der Waals surface area contributed by atoms with Gasteiger partial charge in [0, 0.05) is 22.3 Å². The summed E-state index contributed by atoms with van der Waals surface area (Å²) in [7, 11) is 0. The molecule has 0 atom stereocenters. The molecule has 3 rings (SSSR count). The van der Waals surface area contributed by atoms with Crippen LogP contribution in [0.25, 0.3) is 10.8 Å². The van der Waals surface area contributed by atoms with Crippen molar-refractivity contribution in [3.05, 3.63) is 69.1 Å². The SMILES string of the molecule is Oc1c(Br)cccc1CNc1ccc2cc(Br)ccc2c1. The third kappa shape index (κ3) is 3.22.